The lowest BCUT2D eigenvalue weighted by atomic mass is 9.81. The van der Waals surface area contributed by atoms with Crippen molar-refractivity contribution in [3.05, 3.63) is 58.7 Å². The number of nitrogens with zero attached hydrogens (tertiary/aromatic N) is 1. The van der Waals surface area contributed by atoms with E-state index in [4.69, 9.17) is 19.6 Å². The van der Waals surface area contributed by atoms with Crippen LogP contribution in [0.4, 0.5) is 4.79 Å². The fourth-order valence-corrected chi connectivity index (χ4v) is 4.04. The molecule has 0 aromatic heterocycles. The Morgan fingerprint density at radius 1 is 1.14 bits per heavy atom. The predicted octanol–water partition coefficient (Wildman–Crippen LogP) is 5.05. The van der Waals surface area contributed by atoms with E-state index in [0.29, 0.717) is 18.6 Å². The molecule has 0 fully saturated rings. The Hall–Kier alpha value is -2.53. The second-order valence-electron chi connectivity index (χ2n) is 8.44. The van der Waals surface area contributed by atoms with Gasteiger partial charge in [0.15, 0.2) is 11.5 Å². The van der Waals surface area contributed by atoms with E-state index in [0.717, 1.165) is 28.0 Å². The van der Waals surface area contributed by atoms with E-state index >= 15 is 0 Å². The van der Waals surface area contributed by atoms with Crippen LogP contribution in [0.15, 0.2) is 41.4 Å². The van der Waals surface area contributed by atoms with Crippen molar-refractivity contribution < 1.29 is 19.4 Å². The molecule has 0 amide bonds. The highest BCUT2D eigenvalue weighted by Crippen LogP contribution is 2.48. The quantitative estimate of drug-likeness (QED) is 0.564. The maximum absolute atomic E-state index is 11.2. The number of carboxylic acid groups (broad SMARTS) is 1. The standard InChI is InChI=1S/C22H23NO4.ClH/c1-21(2)11-14-10-16(26-20(24)25)19-15(12-22(3,4)27-19)17(14)18(23-21)13-8-6-5-7-9-13;/h5-10H,11-12H2,1-4H3,(H,24,25);1H. The van der Waals surface area contributed by atoms with Gasteiger partial charge in [-0.15, -0.1) is 12.4 Å². The van der Waals surface area contributed by atoms with Gasteiger partial charge in [-0.25, -0.2) is 4.79 Å². The molecule has 2 heterocycles. The Bertz CT molecular complexity index is 964. The van der Waals surface area contributed by atoms with Crippen LogP contribution >= 0.6 is 12.4 Å². The van der Waals surface area contributed by atoms with Gasteiger partial charge in [0.2, 0.25) is 0 Å². The maximum Gasteiger partial charge on any atom is 0.511 e. The molecule has 2 aromatic carbocycles. The summed E-state index contributed by atoms with van der Waals surface area (Å²) in [6, 6.07) is 11.9. The van der Waals surface area contributed by atoms with Crippen LogP contribution in [0.3, 0.4) is 0 Å². The smallest absolute Gasteiger partial charge is 0.483 e. The molecule has 0 unspecified atom stereocenters. The average molecular weight is 402 g/mol. The van der Waals surface area contributed by atoms with Gasteiger partial charge in [-0.2, -0.15) is 0 Å². The summed E-state index contributed by atoms with van der Waals surface area (Å²) >= 11 is 0. The molecule has 6 heteroatoms. The number of carbonyl (C=O) groups is 1. The summed E-state index contributed by atoms with van der Waals surface area (Å²) in [5.41, 5.74) is 4.34. The first-order valence-corrected chi connectivity index (χ1v) is 9.09. The summed E-state index contributed by atoms with van der Waals surface area (Å²) in [6.45, 7) is 8.17. The fraction of sp³-hybridized carbons (Fsp3) is 0.364. The van der Waals surface area contributed by atoms with E-state index in [9.17, 15) is 4.79 Å². The zero-order valence-electron chi connectivity index (χ0n) is 16.4. The number of rotatable bonds is 2. The summed E-state index contributed by atoms with van der Waals surface area (Å²) in [6.07, 6.45) is 0.0494. The lowest BCUT2D eigenvalue weighted by molar-refractivity contribution is 0.123. The SMILES string of the molecule is CC1(C)Cc2cc(OC(=O)O)c3c(c2C(c2ccccc2)=N1)CC(C)(C)O3.Cl. The minimum Gasteiger partial charge on any atom is -0.483 e. The van der Waals surface area contributed by atoms with Crippen LogP contribution < -0.4 is 9.47 Å². The minimum absolute atomic E-state index is 0. The molecule has 2 aliphatic rings. The number of benzene rings is 2. The van der Waals surface area contributed by atoms with Gasteiger partial charge < -0.3 is 14.6 Å². The summed E-state index contributed by atoms with van der Waals surface area (Å²) in [5, 5.41) is 9.16. The van der Waals surface area contributed by atoms with Crippen molar-refractivity contribution >= 4 is 24.3 Å². The van der Waals surface area contributed by atoms with Crippen LogP contribution in [-0.2, 0) is 12.8 Å². The fourth-order valence-electron chi connectivity index (χ4n) is 4.04. The Kier molecular flexibility index (Phi) is 4.92. The monoisotopic (exact) mass is 401 g/mol. The molecular weight excluding hydrogens is 378 g/mol. The number of halogens is 1. The Labute approximate surface area is 170 Å². The summed E-state index contributed by atoms with van der Waals surface area (Å²) < 4.78 is 11.2. The van der Waals surface area contributed by atoms with E-state index < -0.39 is 11.8 Å². The lowest BCUT2D eigenvalue weighted by Gasteiger charge is -2.31. The first-order chi connectivity index (χ1) is 12.7. The van der Waals surface area contributed by atoms with Gasteiger partial charge in [-0.3, -0.25) is 4.99 Å². The molecular formula is C22H24ClNO4. The van der Waals surface area contributed by atoms with Crippen molar-refractivity contribution in [1.82, 2.24) is 0 Å². The van der Waals surface area contributed by atoms with Crippen LogP contribution in [0.25, 0.3) is 0 Å². The van der Waals surface area contributed by atoms with E-state index in [2.05, 4.69) is 26.0 Å². The maximum atomic E-state index is 11.2. The highest BCUT2D eigenvalue weighted by molar-refractivity contribution is 6.16. The zero-order chi connectivity index (χ0) is 19.4. The number of fused-ring (bicyclic) bond motifs is 3. The van der Waals surface area contributed by atoms with Gasteiger partial charge in [0, 0.05) is 23.1 Å². The average Bonchev–Trinajstić information content (AvgIpc) is 2.89. The van der Waals surface area contributed by atoms with Crippen LogP contribution in [0.2, 0.25) is 0 Å². The molecule has 0 saturated heterocycles. The molecule has 2 aliphatic heterocycles. The number of hydrogen-bond acceptors (Lipinski definition) is 4. The second kappa shape index (κ2) is 6.82. The highest BCUT2D eigenvalue weighted by atomic mass is 35.5. The van der Waals surface area contributed by atoms with Crippen molar-refractivity contribution in [3.63, 3.8) is 0 Å². The van der Waals surface area contributed by atoms with Crippen molar-refractivity contribution in [2.45, 2.75) is 51.7 Å². The molecule has 28 heavy (non-hydrogen) atoms. The highest BCUT2D eigenvalue weighted by Gasteiger charge is 2.40. The number of ether oxygens (including phenoxy) is 2. The second-order valence-corrected chi connectivity index (χ2v) is 8.44. The largest absolute Gasteiger partial charge is 0.511 e. The van der Waals surface area contributed by atoms with Gasteiger partial charge in [-0.1, -0.05) is 30.3 Å². The van der Waals surface area contributed by atoms with Crippen LogP contribution in [0.1, 0.15) is 49.9 Å². The van der Waals surface area contributed by atoms with Crippen LogP contribution in [0, 0.1) is 0 Å². The summed E-state index contributed by atoms with van der Waals surface area (Å²) in [4.78, 5) is 16.3. The first kappa shape index (κ1) is 20.2. The summed E-state index contributed by atoms with van der Waals surface area (Å²) in [5.74, 6) is 0.788. The molecule has 1 N–H and O–H groups in total. The first-order valence-electron chi connectivity index (χ1n) is 9.09. The van der Waals surface area contributed by atoms with Gasteiger partial charge in [0.25, 0.3) is 0 Å². The Morgan fingerprint density at radius 3 is 2.46 bits per heavy atom. The van der Waals surface area contributed by atoms with E-state index in [1.54, 1.807) is 0 Å². The van der Waals surface area contributed by atoms with E-state index in [1.165, 1.54) is 0 Å². The molecule has 0 spiro atoms. The Morgan fingerprint density at radius 2 is 1.82 bits per heavy atom. The van der Waals surface area contributed by atoms with Gasteiger partial charge in [-0.05, 0) is 45.7 Å². The molecule has 0 saturated carbocycles. The van der Waals surface area contributed by atoms with Crippen LogP contribution in [0.5, 0.6) is 11.5 Å². The normalized spacial score (nSPS) is 18.1. The van der Waals surface area contributed by atoms with Gasteiger partial charge >= 0.3 is 6.16 Å². The zero-order valence-corrected chi connectivity index (χ0v) is 17.2. The summed E-state index contributed by atoms with van der Waals surface area (Å²) in [7, 11) is 0. The third kappa shape index (κ3) is 3.59. The Balaban J connectivity index is 0.00000225. The molecule has 0 bridgehead atoms. The molecule has 0 radical (unpaired) electrons. The number of aliphatic imine (C=N–C) groups is 1. The van der Waals surface area contributed by atoms with E-state index in [1.807, 2.05) is 38.1 Å². The third-order valence-corrected chi connectivity index (χ3v) is 4.93. The van der Waals surface area contributed by atoms with Crippen molar-refractivity contribution in [2.24, 2.45) is 4.99 Å². The third-order valence-electron chi connectivity index (χ3n) is 4.93. The molecule has 2 aromatic rings. The number of hydrogen-bond donors (Lipinski definition) is 1. The predicted molar refractivity (Wildman–Crippen MR) is 111 cm³/mol. The molecule has 0 aliphatic carbocycles. The molecule has 148 valence electrons. The van der Waals surface area contributed by atoms with Gasteiger partial charge in [0.1, 0.15) is 5.60 Å². The van der Waals surface area contributed by atoms with E-state index in [-0.39, 0.29) is 23.7 Å². The van der Waals surface area contributed by atoms with Gasteiger partial charge in [0.05, 0.1) is 11.3 Å². The minimum atomic E-state index is -1.34. The van der Waals surface area contributed by atoms with Crippen molar-refractivity contribution in [1.29, 1.82) is 0 Å². The molecule has 5 nitrogen and oxygen atoms in total. The topological polar surface area (TPSA) is 68.1 Å². The molecule has 0 atom stereocenters. The van der Waals surface area contributed by atoms with Crippen LogP contribution in [-0.4, -0.2) is 28.1 Å². The van der Waals surface area contributed by atoms with Crippen molar-refractivity contribution in [2.75, 3.05) is 0 Å². The van der Waals surface area contributed by atoms with Crippen molar-refractivity contribution in [3.8, 4) is 11.5 Å². The molecule has 4 rings (SSSR count). The lowest BCUT2D eigenvalue weighted by Crippen LogP contribution is -2.30.